The minimum atomic E-state index is -0.555. The van der Waals surface area contributed by atoms with Crippen LogP contribution in [0.3, 0.4) is 0 Å². The molecule has 0 bridgehead atoms. The maximum atomic E-state index is 10.5. The number of hydrogen-bond donors (Lipinski definition) is 1. The molecule has 22 heavy (non-hydrogen) atoms. The van der Waals surface area contributed by atoms with Gasteiger partial charge in [-0.05, 0) is 18.4 Å². The molecule has 0 aliphatic carbocycles. The van der Waals surface area contributed by atoms with E-state index in [-0.39, 0.29) is 23.6 Å². The van der Waals surface area contributed by atoms with Gasteiger partial charge in [0.2, 0.25) is 0 Å². The predicted molar refractivity (Wildman–Crippen MR) is 83.9 cm³/mol. The third-order valence-electron chi connectivity index (χ3n) is 4.29. The van der Waals surface area contributed by atoms with Gasteiger partial charge in [-0.3, -0.25) is 0 Å². The van der Waals surface area contributed by atoms with Crippen molar-refractivity contribution < 1.29 is 24.1 Å². The molecule has 2 aliphatic heterocycles. The van der Waals surface area contributed by atoms with Crippen LogP contribution in [0.4, 0.5) is 0 Å². The Morgan fingerprint density at radius 3 is 2.59 bits per heavy atom. The quantitative estimate of drug-likeness (QED) is 0.919. The number of aliphatic hydroxyl groups excluding tert-OH is 1. The Morgan fingerprint density at radius 1 is 1.23 bits per heavy atom. The van der Waals surface area contributed by atoms with Crippen LogP contribution in [0.1, 0.15) is 18.8 Å². The van der Waals surface area contributed by atoms with E-state index in [9.17, 15) is 5.11 Å². The summed E-state index contributed by atoms with van der Waals surface area (Å²) in [4.78, 5) is 0. The lowest BCUT2D eigenvalue weighted by molar-refractivity contribution is -0.311. The second-order valence-corrected chi connectivity index (χ2v) is 6.60. The van der Waals surface area contributed by atoms with Gasteiger partial charge in [0.25, 0.3) is 0 Å². The van der Waals surface area contributed by atoms with Gasteiger partial charge < -0.3 is 24.1 Å². The number of rotatable bonds is 3. The minimum absolute atomic E-state index is 0.0193. The molecule has 6 heteroatoms. The Labute approximate surface area is 134 Å². The highest BCUT2D eigenvalue weighted by atomic mass is 32.2. The van der Waals surface area contributed by atoms with Crippen molar-refractivity contribution in [2.24, 2.45) is 5.92 Å². The van der Waals surface area contributed by atoms with E-state index in [0.29, 0.717) is 6.61 Å². The molecule has 0 amide bonds. The third-order valence-corrected chi connectivity index (χ3v) is 5.30. The van der Waals surface area contributed by atoms with Gasteiger partial charge in [-0.25, -0.2) is 0 Å². The van der Waals surface area contributed by atoms with Crippen LogP contribution in [0.2, 0.25) is 0 Å². The predicted octanol–water partition coefficient (Wildman–Crippen LogP) is 2.19. The monoisotopic (exact) mass is 326 g/mol. The molecule has 0 spiro atoms. The molecule has 0 saturated carbocycles. The van der Waals surface area contributed by atoms with E-state index in [0.717, 1.165) is 11.3 Å². The molecular weight excluding hydrogens is 304 g/mol. The first-order valence-electron chi connectivity index (χ1n) is 7.41. The lowest BCUT2D eigenvalue weighted by Gasteiger charge is -2.46. The van der Waals surface area contributed by atoms with Crippen molar-refractivity contribution in [1.29, 1.82) is 0 Å². The highest BCUT2D eigenvalue weighted by Gasteiger charge is 2.47. The van der Waals surface area contributed by atoms with E-state index in [1.54, 1.807) is 18.9 Å². The molecule has 6 atom stereocenters. The van der Waals surface area contributed by atoms with Crippen molar-refractivity contribution in [2.45, 2.75) is 37.0 Å². The highest BCUT2D eigenvalue weighted by Crippen LogP contribution is 2.38. The van der Waals surface area contributed by atoms with E-state index in [4.69, 9.17) is 18.9 Å². The molecule has 1 aromatic carbocycles. The van der Waals surface area contributed by atoms with Crippen LogP contribution in [0.15, 0.2) is 24.3 Å². The normalized spacial score (nSPS) is 38.4. The smallest absolute Gasteiger partial charge is 0.184 e. The lowest BCUT2D eigenvalue weighted by Crippen LogP contribution is -2.57. The zero-order valence-electron chi connectivity index (χ0n) is 13.0. The summed E-state index contributed by atoms with van der Waals surface area (Å²) >= 11 is 1.61. The number of fused-ring (bicyclic) bond motifs is 1. The molecule has 2 saturated heterocycles. The van der Waals surface area contributed by atoms with Gasteiger partial charge in [-0.2, -0.15) is 0 Å². The minimum Gasteiger partial charge on any atom is -0.497 e. The number of hydrogen-bond acceptors (Lipinski definition) is 6. The number of benzene rings is 1. The molecule has 2 heterocycles. The molecule has 0 aromatic heterocycles. The van der Waals surface area contributed by atoms with Crippen molar-refractivity contribution in [3.63, 3.8) is 0 Å². The van der Waals surface area contributed by atoms with Gasteiger partial charge in [0, 0.05) is 11.5 Å². The van der Waals surface area contributed by atoms with Gasteiger partial charge in [0.05, 0.1) is 19.8 Å². The van der Waals surface area contributed by atoms with Crippen molar-refractivity contribution in [3.8, 4) is 5.75 Å². The van der Waals surface area contributed by atoms with Gasteiger partial charge in [0.1, 0.15) is 23.4 Å². The molecule has 2 fully saturated rings. The highest BCUT2D eigenvalue weighted by molar-refractivity contribution is 7.99. The Balaban J connectivity index is 1.72. The molecule has 3 rings (SSSR count). The molecular formula is C16H22O5S. The molecule has 1 N–H and O–H groups in total. The SMILES string of the molecule is COc1ccc(C2OCC3O[C@@H](SC)C(C)[C@@H](O)[C@@H]3O2)cc1. The van der Waals surface area contributed by atoms with Gasteiger partial charge >= 0.3 is 0 Å². The Hall–Kier alpha value is -0.790. The average Bonchev–Trinajstić information content (AvgIpc) is 2.58. The first-order valence-corrected chi connectivity index (χ1v) is 8.70. The fraction of sp³-hybridized carbons (Fsp3) is 0.625. The zero-order chi connectivity index (χ0) is 15.7. The van der Waals surface area contributed by atoms with E-state index >= 15 is 0 Å². The van der Waals surface area contributed by atoms with Crippen molar-refractivity contribution in [2.75, 3.05) is 20.0 Å². The fourth-order valence-electron chi connectivity index (χ4n) is 2.93. The molecule has 3 unspecified atom stereocenters. The standard InChI is InChI=1S/C16H22O5S/c1-9-13(17)14-12(20-16(9)22-3)8-19-15(21-14)10-4-6-11(18-2)7-5-10/h4-7,9,12-17H,8H2,1-3H3/t9?,12?,13-,14-,15?,16+/m1/s1. The van der Waals surface area contributed by atoms with Crippen LogP contribution in [-0.2, 0) is 14.2 Å². The Kier molecular flexibility index (Phi) is 4.94. The number of aliphatic hydroxyl groups is 1. The van der Waals surface area contributed by atoms with Gasteiger partial charge in [-0.1, -0.05) is 19.1 Å². The summed E-state index contributed by atoms with van der Waals surface area (Å²) in [6.45, 7) is 2.41. The number of thioether (sulfide) groups is 1. The second-order valence-electron chi connectivity index (χ2n) is 5.67. The van der Waals surface area contributed by atoms with E-state index < -0.39 is 12.4 Å². The van der Waals surface area contributed by atoms with Gasteiger partial charge in [-0.15, -0.1) is 11.8 Å². The maximum absolute atomic E-state index is 10.5. The van der Waals surface area contributed by atoms with Crippen LogP contribution < -0.4 is 4.74 Å². The summed E-state index contributed by atoms with van der Waals surface area (Å²) in [5.74, 6) is 0.806. The van der Waals surface area contributed by atoms with Crippen LogP contribution >= 0.6 is 11.8 Å². The summed E-state index contributed by atoms with van der Waals surface area (Å²) in [7, 11) is 1.63. The average molecular weight is 326 g/mol. The summed E-state index contributed by atoms with van der Waals surface area (Å²) in [5.41, 5.74) is 0.882. The van der Waals surface area contributed by atoms with Crippen molar-refractivity contribution in [1.82, 2.24) is 0 Å². The fourth-order valence-corrected chi connectivity index (χ4v) is 3.77. The molecule has 2 aliphatic rings. The summed E-state index contributed by atoms with van der Waals surface area (Å²) in [6, 6.07) is 7.56. The molecule has 5 nitrogen and oxygen atoms in total. The topological polar surface area (TPSA) is 57.2 Å². The second kappa shape index (κ2) is 6.76. The molecule has 122 valence electrons. The largest absolute Gasteiger partial charge is 0.497 e. The Morgan fingerprint density at radius 2 is 1.95 bits per heavy atom. The first-order chi connectivity index (χ1) is 10.6. The van der Waals surface area contributed by atoms with Crippen LogP contribution in [0, 0.1) is 5.92 Å². The van der Waals surface area contributed by atoms with Crippen LogP contribution in [0.5, 0.6) is 5.75 Å². The lowest BCUT2D eigenvalue weighted by atomic mass is 9.93. The van der Waals surface area contributed by atoms with E-state index in [1.165, 1.54) is 0 Å². The van der Waals surface area contributed by atoms with Gasteiger partial charge in [0.15, 0.2) is 6.29 Å². The molecule has 0 radical (unpaired) electrons. The Bertz CT molecular complexity index is 492. The summed E-state index contributed by atoms with van der Waals surface area (Å²) in [5, 5.41) is 10.5. The van der Waals surface area contributed by atoms with E-state index in [2.05, 4.69) is 0 Å². The third kappa shape index (κ3) is 2.98. The van der Waals surface area contributed by atoms with Crippen molar-refractivity contribution in [3.05, 3.63) is 29.8 Å². The number of ether oxygens (including phenoxy) is 4. The van der Waals surface area contributed by atoms with E-state index in [1.807, 2.05) is 37.4 Å². The summed E-state index contributed by atoms with van der Waals surface area (Å²) in [6.07, 6.45) is 0.362. The maximum Gasteiger partial charge on any atom is 0.184 e. The summed E-state index contributed by atoms with van der Waals surface area (Å²) < 4.78 is 22.9. The number of methoxy groups -OCH3 is 1. The van der Waals surface area contributed by atoms with Crippen LogP contribution in [0.25, 0.3) is 0 Å². The zero-order valence-corrected chi connectivity index (χ0v) is 13.8. The molecule has 1 aromatic rings. The first kappa shape index (κ1) is 16.1. The van der Waals surface area contributed by atoms with Crippen molar-refractivity contribution >= 4 is 11.8 Å². The van der Waals surface area contributed by atoms with Crippen LogP contribution in [-0.4, -0.2) is 48.8 Å².